The van der Waals surface area contributed by atoms with Crippen molar-refractivity contribution in [2.45, 2.75) is 0 Å². The van der Waals surface area contributed by atoms with Crippen LogP contribution >= 0.6 is 11.3 Å². The number of fused-ring (bicyclic) bond motifs is 9. The minimum Gasteiger partial charge on any atom is -0.310 e. The first-order chi connectivity index (χ1) is 28.8. The van der Waals surface area contributed by atoms with E-state index in [0.29, 0.717) is 0 Å². The Kier molecular flexibility index (Phi) is 7.40. The van der Waals surface area contributed by atoms with Gasteiger partial charge in [-0.2, -0.15) is 0 Å². The van der Waals surface area contributed by atoms with Gasteiger partial charge in [0.1, 0.15) is 0 Å². The van der Waals surface area contributed by atoms with E-state index in [0.717, 1.165) is 28.4 Å². The van der Waals surface area contributed by atoms with Crippen LogP contribution in [0.5, 0.6) is 0 Å². The minimum atomic E-state index is 1.10. The summed E-state index contributed by atoms with van der Waals surface area (Å²) in [5.74, 6) is 0. The van der Waals surface area contributed by atoms with E-state index in [1.807, 2.05) is 11.3 Å². The van der Waals surface area contributed by atoms with Crippen LogP contribution in [-0.2, 0) is 0 Å². The standard InChI is InChI=1S/C54H35N3S/c1-3-17-37(18-4-1)56-47-27-11-8-23-44(47)53-41(25-14-28-48(53)56)36-16-13-21-39(34-36)55(49-29-15-31-52-54(49)45-24-9-12-30-51(45)58-52)40-32-33-43-42-22-7-10-26-46(42)57(50(43)35-40)38-19-5-2-6-20-38/h1-35H. The van der Waals surface area contributed by atoms with E-state index >= 15 is 0 Å². The normalized spacial score (nSPS) is 11.8. The maximum Gasteiger partial charge on any atom is 0.0561 e. The highest BCUT2D eigenvalue weighted by Crippen LogP contribution is 2.47. The van der Waals surface area contributed by atoms with Crippen LogP contribution in [0.15, 0.2) is 212 Å². The predicted molar refractivity (Wildman–Crippen MR) is 248 cm³/mol. The number of rotatable bonds is 6. The molecule has 9 aromatic carbocycles. The smallest absolute Gasteiger partial charge is 0.0561 e. The molecule has 0 fully saturated rings. The molecule has 0 spiro atoms. The molecule has 4 heteroatoms. The van der Waals surface area contributed by atoms with E-state index < -0.39 is 0 Å². The van der Waals surface area contributed by atoms with Gasteiger partial charge in [-0.25, -0.2) is 0 Å². The second-order valence-electron chi connectivity index (χ2n) is 14.9. The average molecular weight is 758 g/mol. The molecule has 58 heavy (non-hydrogen) atoms. The van der Waals surface area contributed by atoms with Crippen molar-refractivity contribution >= 4 is 92.2 Å². The van der Waals surface area contributed by atoms with Crippen LogP contribution in [0.2, 0.25) is 0 Å². The van der Waals surface area contributed by atoms with Crippen LogP contribution in [0.25, 0.3) is 86.3 Å². The zero-order valence-corrected chi connectivity index (χ0v) is 32.3. The number of aromatic nitrogens is 2. The molecule has 0 aliphatic heterocycles. The topological polar surface area (TPSA) is 13.1 Å². The molecule has 0 saturated heterocycles. The molecule has 3 heterocycles. The van der Waals surface area contributed by atoms with Crippen molar-refractivity contribution in [3.63, 3.8) is 0 Å². The second-order valence-corrected chi connectivity index (χ2v) is 16.0. The largest absolute Gasteiger partial charge is 0.310 e. The van der Waals surface area contributed by atoms with Gasteiger partial charge in [0.2, 0.25) is 0 Å². The van der Waals surface area contributed by atoms with Gasteiger partial charge in [-0.15, -0.1) is 11.3 Å². The number of thiophene rings is 1. The fourth-order valence-electron chi connectivity index (χ4n) is 9.25. The maximum atomic E-state index is 2.48. The fraction of sp³-hybridized carbons (Fsp3) is 0. The number of hydrogen-bond acceptors (Lipinski definition) is 2. The molecule has 12 aromatic rings. The zero-order valence-electron chi connectivity index (χ0n) is 31.5. The molecule has 0 saturated carbocycles. The van der Waals surface area contributed by atoms with E-state index in [2.05, 4.69) is 226 Å². The maximum absolute atomic E-state index is 2.48. The first kappa shape index (κ1) is 32.8. The molecule has 0 radical (unpaired) electrons. The summed E-state index contributed by atoms with van der Waals surface area (Å²) in [6.45, 7) is 0. The lowest BCUT2D eigenvalue weighted by Gasteiger charge is -2.27. The summed E-state index contributed by atoms with van der Waals surface area (Å²) in [6.07, 6.45) is 0. The molecule has 0 bridgehead atoms. The van der Waals surface area contributed by atoms with Crippen molar-refractivity contribution < 1.29 is 0 Å². The van der Waals surface area contributed by atoms with E-state index in [1.54, 1.807) is 0 Å². The Morgan fingerprint density at radius 3 is 1.71 bits per heavy atom. The SMILES string of the molecule is c1ccc(-n2c3ccccc3c3ccc(N(c4cccc(-c5cccc6c5c5ccccc5n6-c5ccccc5)c4)c4cccc5sc6ccccc6c45)cc32)cc1. The summed E-state index contributed by atoms with van der Waals surface area (Å²) in [5.41, 5.74) is 12.8. The van der Waals surface area contributed by atoms with Gasteiger partial charge in [0.15, 0.2) is 0 Å². The molecule has 12 rings (SSSR count). The molecule has 0 unspecified atom stereocenters. The Hall–Kier alpha value is -7.40. The van der Waals surface area contributed by atoms with Crippen LogP contribution in [-0.4, -0.2) is 9.13 Å². The first-order valence-electron chi connectivity index (χ1n) is 19.8. The third-order valence-electron chi connectivity index (χ3n) is 11.7. The monoisotopic (exact) mass is 757 g/mol. The predicted octanol–water partition coefficient (Wildman–Crippen LogP) is 15.4. The molecule has 272 valence electrons. The van der Waals surface area contributed by atoms with E-state index in [4.69, 9.17) is 0 Å². The van der Waals surface area contributed by atoms with Crippen LogP contribution in [0.4, 0.5) is 17.1 Å². The van der Waals surface area contributed by atoms with Crippen LogP contribution < -0.4 is 4.90 Å². The van der Waals surface area contributed by atoms with Crippen molar-refractivity contribution in [1.29, 1.82) is 0 Å². The molecule has 3 nitrogen and oxygen atoms in total. The van der Waals surface area contributed by atoms with Crippen molar-refractivity contribution in [3.05, 3.63) is 212 Å². The lowest BCUT2D eigenvalue weighted by atomic mass is 9.98. The van der Waals surface area contributed by atoms with Gasteiger partial charge in [-0.05, 0) is 96.1 Å². The number of nitrogens with zero attached hydrogens (tertiary/aromatic N) is 3. The quantitative estimate of drug-likeness (QED) is 0.165. The third-order valence-corrected chi connectivity index (χ3v) is 12.8. The lowest BCUT2D eigenvalue weighted by molar-refractivity contribution is 1.18. The molecule has 0 aliphatic carbocycles. The molecule has 0 amide bonds. The summed E-state index contributed by atoms with van der Waals surface area (Å²) < 4.78 is 7.37. The Bertz CT molecular complexity index is 3520. The number of benzene rings is 9. The van der Waals surface area contributed by atoms with Crippen molar-refractivity contribution in [2.24, 2.45) is 0 Å². The Balaban J connectivity index is 1.13. The Labute approximate surface area is 339 Å². The van der Waals surface area contributed by atoms with Crippen molar-refractivity contribution in [1.82, 2.24) is 9.13 Å². The molecule has 0 aliphatic rings. The Morgan fingerprint density at radius 1 is 0.345 bits per heavy atom. The number of anilines is 3. The van der Waals surface area contributed by atoms with E-state index in [-0.39, 0.29) is 0 Å². The highest BCUT2D eigenvalue weighted by Gasteiger charge is 2.22. The molecule has 0 N–H and O–H groups in total. The van der Waals surface area contributed by atoms with Gasteiger partial charge in [-0.1, -0.05) is 127 Å². The van der Waals surface area contributed by atoms with E-state index in [1.165, 1.54) is 74.9 Å². The van der Waals surface area contributed by atoms with Gasteiger partial charge in [0, 0.05) is 64.5 Å². The van der Waals surface area contributed by atoms with Crippen LogP contribution in [0.1, 0.15) is 0 Å². The zero-order chi connectivity index (χ0) is 38.2. The van der Waals surface area contributed by atoms with Gasteiger partial charge >= 0.3 is 0 Å². The summed E-state index contributed by atoms with van der Waals surface area (Å²) in [5, 5.41) is 7.52. The molecule has 3 aromatic heterocycles. The summed E-state index contributed by atoms with van der Waals surface area (Å²) >= 11 is 1.86. The van der Waals surface area contributed by atoms with Gasteiger partial charge < -0.3 is 14.0 Å². The first-order valence-corrected chi connectivity index (χ1v) is 20.6. The second kappa shape index (κ2) is 13.1. The lowest BCUT2D eigenvalue weighted by Crippen LogP contribution is -2.10. The van der Waals surface area contributed by atoms with Gasteiger partial charge in [0.05, 0.1) is 27.8 Å². The van der Waals surface area contributed by atoms with Gasteiger partial charge in [0.25, 0.3) is 0 Å². The van der Waals surface area contributed by atoms with Crippen molar-refractivity contribution in [3.8, 4) is 22.5 Å². The summed E-state index contributed by atoms with van der Waals surface area (Å²) in [6, 6.07) is 77.4. The fourth-order valence-corrected chi connectivity index (χ4v) is 10.4. The Morgan fingerprint density at radius 2 is 0.914 bits per heavy atom. The highest BCUT2D eigenvalue weighted by atomic mass is 32.1. The van der Waals surface area contributed by atoms with Crippen molar-refractivity contribution in [2.75, 3.05) is 4.90 Å². The average Bonchev–Trinajstić information content (AvgIpc) is 3.95. The number of para-hydroxylation sites is 4. The highest BCUT2D eigenvalue weighted by molar-refractivity contribution is 7.26. The summed E-state index contributed by atoms with van der Waals surface area (Å²) in [4.78, 5) is 2.48. The molecule has 0 atom stereocenters. The molecular formula is C54H35N3S. The van der Waals surface area contributed by atoms with E-state index in [9.17, 15) is 0 Å². The minimum absolute atomic E-state index is 1.10. The van der Waals surface area contributed by atoms with Gasteiger partial charge in [-0.3, -0.25) is 0 Å². The van der Waals surface area contributed by atoms with Crippen LogP contribution in [0.3, 0.4) is 0 Å². The summed E-state index contributed by atoms with van der Waals surface area (Å²) in [7, 11) is 0. The van der Waals surface area contributed by atoms with Crippen LogP contribution in [0, 0.1) is 0 Å². The third kappa shape index (κ3) is 4.99. The number of hydrogen-bond donors (Lipinski definition) is 0. The molecular weight excluding hydrogens is 723 g/mol.